The second-order valence-electron chi connectivity index (χ2n) is 4.04. The van der Waals surface area contributed by atoms with E-state index in [4.69, 9.17) is 5.73 Å². The van der Waals surface area contributed by atoms with Crippen molar-refractivity contribution >= 4 is 11.6 Å². The van der Waals surface area contributed by atoms with E-state index < -0.39 is 17.5 Å². The highest BCUT2D eigenvalue weighted by molar-refractivity contribution is 5.94. The zero-order valence-corrected chi connectivity index (χ0v) is 9.99. The summed E-state index contributed by atoms with van der Waals surface area (Å²) in [4.78, 5) is 11.7. The number of para-hydroxylation sites is 1. The first-order valence-electron chi connectivity index (χ1n) is 5.64. The molecule has 0 aromatic heterocycles. The molecule has 2 rings (SSSR count). The van der Waals surface area contributed by atoms with Crippen molar-refractivity contribution in [2.75, 3.05) is 5.73 Å². The molecule has 5 heteroatoms. The van der Waals surface area contributed by atoms with Crippen molar-refractivity contribution in [1.29, 1.82) is 0 Å². The van der Waals surface area contributed by atoms with Crippen LogP contribution < -0.4 is 11.1 Å². The Kier molecular flexibility index (Phi) is 3.75. The van der Waals surface area contributed by atoms with Crippen molar-refractivity contribution in [2.45, 2.75) is 6.54 Å². The summed E-state index contributed by atoms with van der Waals surface area (Å²) in [5.74, 6) is -2.13. The third kappa shape index (κ3) is 3.28. The highest BCUT2D eigenvalue weighted by atomic mass is 19.1. The molecule has 0 heterocycles. The number of halogens is 2. The van der Waals surface area contributed by atoms with Crippen molar-refractivity contribution in [3.8, 4) is 0 Å². The minimum atomic E-state index is -0.788. The number of carbonyl (C=O) groups excluding carboxylic acids is 1. The maximum Gasteiger partial charge on any atom is 0.251 e. The average Bonchev–Trinajstić information content (AvgIpc) is 2.36. The molecule has 0 saturated carbocycles. The van der Waals surface area contributed by atoms with Crippen molar-refractivity contribution in [1.82, 2.24) is 5.32 Å². The van der Waals surface area contributed by atoms with Gasteiger partial charge in [0, 0.05) is 23.9 Å². The second kappa shape index (κ2) is 5.48. The first kappa shape index (κ1) is 13.0. The molecule has 0 fully saturated rings. The van der Waals surface area contributed by atoms with E-state index in [1.54, 1.807) is 24.3 Å². The minimum Gasteiger partial charge on any atom is -0.398 e. The lowest BCUT2D eigenvalue weighted by Crippen LogP contribution is -2.23. The molecule has 19 heavy (non-hydrogen) atoms. The van der Waals surface area contributed by atoms with Crippen LogP contribution in [0.1, 0.15) is 15.9 Å². The fraction of sp³-hybridized carbons (Fsp3) is 0.0714. The SMILES string of the molecule is Nc1ccccc1CNC(=O)c1cc(F)cc(F)c1. The molecule has 3 nitrogen and oxygen atoms in total. The van der Waals surface area contributed by atoms with E-state index in [1.165, 1.54) is 0 Å². The lowest BCUT2D eigenvalue weighted by Gasteiger charge is -2.08. The smallest absolute Gasteiger partial charge is 0.251 e. The molecule has 0 unspecified atom stereocenters. The number of nitrogens with two attached hydrogens (primary N) is 1. The fourth-order valence-electron chi connectivity index (χ4n) is 1.66. The maximum absolute atomic E-state index is 13.0. The Bertz CT molecular complexity index is 594. The van der Waals surface area contributed by atoms with E-state index in [-0.39, 0.29) is 12.1 Å². The Morgan fingerprint density at radius 2 is 1.74 bits per heavy atom. The van der Waals surface area contributed by atoms with Gasteiger partial charge < -0.3 is 11.1 Å². The fourth-order valence-corrected chi connectivity index (χ4v) is 1.66. The molecule has 0 aliphatic carbocycles. The van der Waals surface area contributed by atoms with Gasteiger partial charge in [-0.1, -0.05) is 18.2 Å². The van der Waals surface area contributed by atoms with Crippen LogP contribution in [0.5, 0.6) is 0 Å². The third-order valence-corrected chi connectivity index (χ3v) is 2.62. The molecule has 0 spiro atoms. The molecule has 0 bridgehead atoms. The molecular formula is C14H12F2N2O. The summed E-state index contributed by atoms with van der Waals surface area (Å²) in [6, 6.07) is 9.72. The van der Waals surface area contributed by atoms with E-state index in [2.05, 4.69) is 5.32 Å². The molecule has 0 radical (unpaired) electrons. The van der Waals surface area contributed by atoms with Crippen LogP contribution in [0.4, 0.5) is 14.5 Å². The predicted octanol–water partition coefficient (Wildman–Crippen LogP) is 2.48. The predicted molar refractivity (Wildman–Crippen MR) is 68.4 cm³/mol. The summed E-state index contributed by atoms with van der Waals surface area (Å²) >= 11 is 0. The standard InChI is InChI=1S/C14H12F2N2O/c15-11-5-10(6-12(16)7-11)14(19)18-8-9-3-1-2-4-13(9)17/h1-7H,8,17H2,(H,18,19). The average molecular weight is 262 g/mol. The van der Waals surface area contributed by atoms with Crippen LogP contribution >= 0.6 is 0 Å². The molecule has 2 aromatic carbocycles. The number of amides is 1. The Hall–Kier alpha value is -2.43. The Balaban J connectivity index is 2.08. The zero-order valence-electron chi connectivity index (χ0n) is 9.99. The van der Waals surface area contributed by atoms with Gasteiger partial charge in [-0.3, -0.25) is 4.79 Å². The molecule has 98 valence electrons. The number of carbonyl (C=O) groups is 1. The van der Waals surface area contributed by atoms with Gasteiger partial charge in [-0.05, 0) is 23.8 Å². The van der Waals surface area contributed by atoms with Crippen molar-refractivity contribution in [3.63, 3.8) is 0 Å². The summed E-state index contributed by atoms with van der Waals surface area (Å²) in [6.07, 6.45) is 0. The van der Waals surface area contributed by atoms with E-state index in [1.807, 2.05) is 0 Å². The van der Waals surface area contributed by atoms with Gasteiger partial charge in [-0.2, -0.15) is 0 Å². The van der Waals surface area contributed by atoms with E-state index in [9.17, 15) is 13.6 Å². The van der Waals surface area contributed by atoms with Gasteiger partial charge in [0.15, 0.2) is 0 Å². The number of rotatable bonds is 3. The number of nitrogen functional groups attached to an aromatic ring is 1. The van der Waals surface area contributed by atoms with Crippen LogP contribution in [-0.2, 0) is 6.54 Å². The molecule has 0 aliphatic heterocycles. The molecule has 3 N–H and O–H groups in total. The number of nitrogens with one attached hydrogen (secondary N) is 1. The molecule has 0 saturated heterocycles. The molecule has 0 aliphatic rings. The monoisotopic (exact) mass is 262 g/mol. The normalized spacial score (nSPS) is 10.2. The van der Waals surface area contributed by atoms with E-state index >= 15 is 0 Å². The van der Waals surface area contributed by atoms with Gasteiger partial charge in [0.1, 0.15) is 11.6 Å². The largest absolute Gasteiger partial charge is 0.398 e. The highest BCUT2D eigenvalue weighted by Crippen LogP contribution is 2.11. The van der Waals surface area contributed by atoms with Gasteiger partial charge in [0.05, 0.1) is 0 Å². The number of hydrogen-bond donors (Lipinski definition) is 2. The van der Waals surface area contributed by atoms with Crippen LogP contribution in [0.25, 0.3) is 0 Å². The van der Waals surface area contributed by atoms with Crippen molar-refractivity contribution in [3.05, 3.63) is 65.2 Å². The summed E-state index contributed by atoms with van der Waals surface area (Å²) in [5, 5.41) is 2.56. The molecular weight excluding hydrogens is 250 g/mol. The molecule has 0 atom stereocenters. The molecule has 2 aromatic rings. The van der Waals surface area contributed by atoms with Gasteiger partial charge in [0.2, 0.25) is 0 Å². The Morgan fingerprint density at radius 1 is 1.11 bits per heavy atom. The third-order valence-electron chi connectivity index (χ3n) is 2.62. The van der Waals surface area contributed by atoms with Gasteiger partial charge in [-0.25, -0.2) is 8.78 Å². The van der Waals surface area contributed by atoms with Crippen molar-refractivity contribution < 1.29 is 13.6 Å². The number of hydrogen-bond acceptors (Lipinski definition) is 2. The van der Waals surface area contributed by atoms with E-state index in [0.29, 0.717) is 11.8 Å². The van der Waals surface area contributed by atoms with Gasteiger partial charge in [-0.15, -0.1) is 0 Å². The quantitative estimate of drug-likeness (QED) is 0.835. The lowest BCUT2D eigenvalue weighted by molar-refractivity contribution is 0.0950. The lowest BCUT2D eigenvalue weighted by atomic mass is 10.1. The number of benzene rings is 2. The summed E-state index contributed by atoms with van der Waals surface area (Å²) in [7, 11) is 0. The van der Waals surface area contributed by atoms with Crippen LogP contribution in [0.3, 0.4) is 0 Å². The first-order chi connectivity index (χ1) is 9.06. The highest BCUT2D eigenvalue weighted by Gasteiger charge is 2.09. The first-order valence-corrected chi connectivity index (χ1v) is 5.64. The Morgan fingerprint density at radius 3 is 2.37 bits per heavy atom. The summed E-state index contributed by atoms with van der Waals surface area (Å²) in [6.45, 7) is 0.198. The van der Waals surface area contributed by atoms with Crippen LogP contribution in [-0.4, -0.2) is 5.91 Å². The van der Waals surface area contributed by atoms with Crippen molar-refractivity contribution in [2.24, 2.45) is 0 Å². The summed E-state index contributed by atoms with van der Waals surface area (Å²) in [5.41, 5.74) is 6.95. The second-order valence-corrected chi connectivity index (χ2v) is 4.04. The van der Waals surface area contributed by atoms with Crippen LogP contribution in [0.15, 0.2) is 42.5 Å². The van der Waals surface area contributed by atoms with Gasteiger partial charge in [0.25, 0.3) is 5.91 Å². The van der Waals surface area contributed by atoms with Crippen LogP contribution in [0.2, 0.25) is 0 Å². The zero-order chi connectivity index (χ0) is 13.8. The summed E-state index contributed by atoms with van der Waals surface area (Å²) < 4.78 is 26.0. The minimum absolute atomic E-state index is 0.0630. The maximum atomic E-state index is 13.0. The Labute approximate surface area is 109 Å². The topological polar surface area (TPSA) is 55.1 Å². The van der Waals surface area contributed by atoms with E-state index in [0.717, 1.165) is 17.7 Å². The molecule has 1 amide bonds. The number of anilines is 1. The van der Waals surface area contributed by atoms with Gasteiger partial charge >= 0.3 is 0 Å². The van der Waals surface area contributed by atoms with Crippen LogP contribution in [0, 0.1) is 11.6 Å².